The highest BCUT2D eigenvalue weighted by molar-refractivity contribution is 7.71. The minimum absolute atomic E-state index is 0.487. The highest BCUT2D eigenvalue weighted by Crippen LogP contribution is 2.38. The molecule has 1 aliphatic heterocycles. The van der Waals surface area contributed by atoms with E-state index in [1.54, 1.807) is 7.11 Å². The number of piperazine rings is 1. The highest BCUT2D eigenvalue weighted by Gasteiger charge is 2.29. The molecule has 3 heterocycles. The normalized spacial score (nSPS) is 17.3. The molecular formula is C22H26N6OS. The Hall–Kier alpha value is -2.71. The fraction of sp³-hybridized carbons (Fsp3) is 0.409. The molecule has 0 bridgehead atoms. The summed E-state index contributed by atoms with van der Waals surface area (Å²) in [7, 11) is 1.70. The van der Waals surface area contributed by atoms with Crippen molar-refractivity contribution in [3.05, 3.63) is 53.6 Å². The van der Waals surface area contributed by atoms with Crippen LogP contribution in [0.4, 0.5) is 5.69 Å². The van der Waals surface area contributed by atoms with Gasteiger partial charge in [-0.3, -0.25) is 14.5 Å². The molecule has 0 amide bonds. The fourth-order valence-electron chi connectivity index (χ4n) is 4.00. The van der Waals surface area contributed by atoms with Gasteiger partial charge in [-0.15, -0.1) is 0 Å². The van der Waals surface area contributed by atoms with E-state index in [0.717, 1.165) is 54.8 Å². The van der Waals surface area contributed by atoms with Crippen LogP contribution in [-0.2, 0) is 6.67 Å². The van der Waals surface area contributed by atoms with Gasteiger partial charge in [0.1, 0.15) is 5.75 Å². The second-order valence-electron chi connectivity index (χ2n) is 7.89. The second kappa shape index (κ2) is 8.20. The van der Waals surface area contributed by atoms with Gasteiger partial charge in [0.2, 0.25) is 0 Å². The third kappa shape index (κ3) is 3.85. The number of benzene rings is 1. The monoisotopic (exact) mass is 422 g/mol. The fourth-order valence-corrected chi connectivity index (χ4v) is 4.34. The van der Waals surface area contributed by atoms with Crippen LogP contribution in [0.5, 0.6) is 5.75 Å². The molecule has 3 aromatic rings. The summed E-state index contributed by atoms with van der Waals surface area (Å²) in [6.45, 7) is 4.66. The summed E-state index contributed by atoms with van der Waals surface area (Å²) < 4.78 is 10.3. The summed E-state index contributed by atoms with van der Waals surface area (Å²) in [6.07, 6.45) is 5.98. The van der Waals surface area contributed by atoms with E-state index in [2.05, 4.69) is 31.5 Å². The van der Waals surface area contributed by atoms with Gasteiger partial charge in [0.15, 0.2) is 10.6 Å². The summed E-state index contributed by atoms with van der Waals surface area (Å²) in [5.74, 6) is 1.85. The lowest BCUT2D eigenvalue weighted by Crippen LogP contribution is -2.47. The Labute approximate surface area is 181 Å². The van der Waals surface area contributed by atoms with Gasteiger partial charge < -0.3 is 9.64 Å². The molecule has 0 atom stereocenters. The Balaban J connectivity index is 1.29. The number of pyridine rings is 1. The molecule has 0 N–H and O–H groups in total. The molecule has 8 heteroatoms. The van der Waals surface area contributed by atoms with E-state index in [1.165, 1.54) is 18.5 Å². The van der Waals surface area contributed by atoms with Crippen molar-refractivity contribution in [3.8, 4) is 17.1 Å². The van der Waals surface area contributed by atoms with Crippen molar-refractivity contribution in [2.24, 2.45) is 0 Å². The number of aromatic nitrogens is 4. The lowest BCUT2D eigenvalue weighted by molar-refractivity contribution is 0.194. The maximum absolute atomic E-state index is 5.82. The lowest BCUT2D eigenvalue weighted by Gasteiger charge is -2.35. The second-order valence-corrected chi connectivity index (χ2v) is 8.25. The van der Waals surface area contributed by atoms with Crippen LogP contribution < -0.4 is 9.64 Å². The maximum Gasteiger partial charge on any atom is 0.199 e. The topological polar surface area (TPSA) is 51.4 Å². The Kier molecular flexibility index (Phi) is 5.26. The number of methoxy groups -OCH3 is 1. The first-order valence-electron chi connectivity index (χ1n) is 10.4. The average molecular weight is 423 g/mol. The van der Waals surface area contributed by atoms with Gasteiger partial charge in [-0.25, -0.2) is 4.68 Å². The number of ether oxygens (including phenoxy) is 1. The van der Waals surface area contributed by atoms with Crippen LogP contribution in [0.15, 0.2) is 48.8 Å². The van der Waals surface area contributed by atoms with Crippen molar-refractivity contribution in [2.75, 3.05) is 38.2 Å². The molecule has 0 spiro atoms. The highest BCUT2D eigenvalue weighted by atomic mass is 32.1. The predicted molar refractivity (Wildman–Crippen MR) is 119 cm³/mol. The zero-order valence-corrected chi connectivity index (χ0v) is 18.0. The molecule has 7 nitrogen and oxygen atoms in total. The molecule has 1 saturated carbocycles. The molecule has 2 aromatic heterocycles. The summed E-state index contributed by atoms with van der Waals surface area (Å²) in [5, 5.41) is 4.91. The Morgan fingerprint density at radius 3 is 2.33 bits per heavy atom. The SMILES string of the molecule is COc1ccc(N2CCN(Cn3nc(-c4ccncc4)n(C4CC4)c3=S)CC2)cc1. The van der Waals surface area contributed by atoms with Crippen molar-refractivity contribution < 1.29 is 4.74 Å². The molecule has 0 radical (unpaired) electrons. The van der Waals surface area contributed by atoms with E-state index < -0.39 is 0 Å². The minimum atomic E-state index is 0.487. The van der Waals surface area contributed by atoms with E-state index in [-0.39, 0.29) is 0 Å². The first-order chi connectivity index (χ1) is 14.7. The number of anilines is 1. The number of hydrogen-bond acceptors (Lipinski definition) is 6. The molecule has 30 heavy (non-hydrogen) atoms. The number of hydrogen-bond donors (Lipinski definition) is 0. The van der Waals surface area contributed by atoms with Crippen LogP contribution in [0.25, 0.3) is 11.4 Å². The van der Waals surface area contributed by atoms with Crippen LogP contribution >= 0.6 is 12.2 Å². The van der Waals surface area contributed by atoms with Gasteiger partial charge in [-0.2, -0.15) is 5.10 Å². The van der Waals surface area contributed by atoms with E-state index in [9.17, 15) is 0 Å². The van der Waals surface area contributed by atoms with Crippen molar-refractivity contribution in [1.29, 1.82) is 0 Å². The van der Waals surface area contributed by atoms with E-state index in [1.807, 2.05) is 41.3 Å². The average Bonchev–Trinajstić information content (AvgIpc) is 3.59. The van der Waals surface area contributed by atoms with Crippen molar-refractivity contribution in [1.82, 2.24) is 24.2 Å². The molecule has 1 saturated heterocycles. The molecule has 0 unspecified atom stereocenters. The number of nitrogens with zero attached hydrogens (tertiary/aromatic N) is 6. The minimum Gasteiger partial charge on any atom is -0.497 e. The van der Waals surface area contributed by atoms with Gasteiger partial charge in [-0.1, -0.05) is 0 Å². The van der Waals surface area contributed by atoms with Gasteiger partial charge in [0.25, 0.3) is 0 Å². The van der Waals surface area contributed by atoms with Gasteiger partial charge in [-0.05, 0) is 61.5 Å². The smallest absolute Gasteiger partial charge is 0.199 e. The van der Waals surface area contributed by atoms with Crippen molar-refractivity contribution >= 4 is 17.9 Å². The Bertz CT molecular complexity index is 1050. The van der Waals surface area contributed by atoms with Crippen molar-refractivity contribution in [3.63, 3.8) is 0 Å². The van der Waals surface area contributed by atoms with E-state index in [4.69, 9.17) is 22.1 Å². The summed E-state index contributed by atoms with van der Waals surface area (Å²) in [4.78, 5) is 8.98. The molecule has 1 aromatic carbocycles. The standard InChI is InChI=1S/C22H26N6OS/c1-29-20-6-4-18(5-7-20)26-14-12-25(13-15-26)16-27-22(30)28(19-2-3-19)21(24-27)17-8-10-23-11-9-17/h4-11,19H,2-3,12-16H2,1H3. The molecule has 2 aliphatic rings. The summed E-state index contributed by atoms with van der Waals surface area (Å²) >= 11 is 5.82. The Morgan fingerprint density at radius 1 is 1.00 bits per heavy atom. The van der Waals surface area contributed by atoms with Gasteiger partial charge >= 0.3 is 0 Å². The molecular weight excluding hydrogens is 396 g/mol. The molecule has 156 valence electrons. The quantitative estimate of drug-likeness (QED) is 0.566. The van der Waals surface area contributed by atoms with Crippen molar-refractivity contribution in [2.45, 2.75) is 25.6 Å². The predicted octanol–water partition coefficient (Wildman–Crippen LogP) is 3.60. The first-order valence-corrected chi connectivity index (χ1v) is 10.8. The summed E-state index contributed by atoms with van der Waals surface area (Å²) in [5.41, 5.74) is 2.32. The van der Waals surface area contributed by atoms with Gasteiger partial charge in [0, 0.05) is 55.9 Å². The molecule has 1 aliphatic carbocycles. The Morgan fingerprint density at radius 2 is 1.70 bits per heavy atom. The van der Waals surface area contributed by atoms with Gasteiger partial charge in [0.05, 0.1) is 13.8 Å². The van der Waals surface area contributed by atoms with Crippen LogP contribution in [0.1, 0.15) is 18.9 Å². The lowest BCUT2D eigenvalue weighted by atomic mass is 10.2. The van der Waals surface area contributed by atoms with Crippen LogP contribution in [0, 0.1) is 4.77 Å². The molecule has 2 fully saturated rings. The third-order valence-corrected chi connectivity index (χ3v) is 6.27. The van der Waals surface area contributed by atoms with Crippen LogP contribution in [0.2, 0.25) is 0 Å². The van der Waals surface area contributed by atoms with Crippen LogP contribution in [0.3, 0.4) is 0 Å². The zero-order chi connectivity index (χ0) is 20.5. The number of rotatable bonds is 6. The largest absolute Gasteiger partial charge is 0.497 e. The molecule has 5 rings (SSSR count). The van der Waals surface area contributed by atoms with E-state index >= 15 is 0 Å². The first kappa shape index (κ1) is 19.3. The third-order valence-electron chi connectivity index (χ3n) is 5.86. The van der Waals surface area contributed by atoms with E-state index in [0.29, 0.717) is 6.04 Å². The van der Waals surface area contributed by atoms with Crippen LogP contribution in [-0.4, -0.2) is 57.5 Å². The zero-order valence-electron chi connectivity index (χ0n) is 17.1. The maximum atomic E-state index is 5.82. The summed E-state index contributed by atoms with van der Waals surface area (Å²) in [6, 6.07) is 12.8.